The fourth-order valence-electron chi connectivity index (χ4n) is 1.05. The Morgan fingerprint density at radius 1 is 1.71 bits per heavy atom. The van der Waals surface area contributed by atoms with Crippen molar-refractivity contribution in [1.29, 1.82) is 0 Å². The van der Waals surface area contributed by atoms with Gasteiger partial charge in [0.05, 0.1) is 9.75 Å². The van der Waals surface area contributed by atoms with Crippen LogP contribution in [0.4, 0.5) is 0 Å². The molecule has 0 aromatic carbocycles. The highest BCUT2D eigenvalue weighted by atomic mass is 35.5. The van der Waals surface area contributed by atoms with Crippen molar-refractivity contribution in [1.82, 2.24) is 0 Å². The number of hydrogen-bond acceptors (Lipinski definition) is 3. The molecule has 0 bridgehead atoms. The molecule has 0 saturated carbocycles. The molecule has 0 spiro atoms. The Kier molecular flexibility index (Phi) is 3.19. The van der Waals surface area contributed by atoms with E-state index in [0.717, 1.165) is 0 Å². The molecular weight excluding hydrogens is 222 g/mol. The molecule has 0 aliphatic heterocycles. The first-order valence-corrected chi connectivity index (χ1v) is 5.35. The Hall–Kier alpha value is -0.580. The summed E-state index contributed by atoms with van der Waals surface area (Å²) in [4.78, 5) is 10.9. The van der Waals surface area contributed by atoms with Crippen molar-refractivity contribution in [2.75, 3.05) is 0 Å². The quantitative estimate of drug-likeness (QED) is 0.843. The van der Waals surface area contributed by atoms with E-state index in [1.807, 2.05) is 0 Å². The van der Waals surface area contributed by atoms with E-state index < -0.39 is 17.4 Å². The molecule has 0 radical (unpaired) electrons. The third kappa shape index (κ3) is 1.92. The number of halogens is 1. The van der Waals surface area contributed by atoms with E-state index >= 15 is 0 Å². The average molecular weight is 234 g/mol. The van der Waals surface area contributed by atoms with Gasteiger partial charge in [-0.1, -0.05) is 11.6 Å². The fraction of sp³-hybridized carbons (Fsp3) is 0.444. The second kappa shape index (κ2) is 3.88. The summed E-state index contributed by atoms with van der Waals surface area (Å²) >= 11 is 7.24. The molecule has 1 aromatic rings. The molecule has 0 amide bonds. The summed E-state index contributed by atoms with van der Waals surface area (Å²) in [6, 6.07) is 1.18. The smallest absolute Gasteiger partial charge is 0.311 e. The molecule has 1 rings (SSSR count). The first-order valence-electron chi connectivity index (χ1n) is 4.09. The van der Waals surface area contributed by atoms with Gasteiger partial charge >= 0.3 is 5.97 Å². The van der Waals surface area contributed by atoms with E-state index in [0.29, 0.717) is 9.90 Å². The molecule has 1 aromatic heterocycles. The minimum absolute atomic E-state index is 0.562. The Bertz CT molecular complexity index is 348. The number of carboxylic acid groups (broad SMARTS) is 1. The SMILES string of the molecule is CC(C)(C(=O)O)C(N)c1ccsc1Cl. The monoisotopic (exact) mass is 233 g/mol. The molecule has 1 atom stereocenters. The van der Waals surface area contributed by atoms with Gasteiger partial charge in [-0.05, 0) is 30.9 Å². The molecule has 78 valence electrons. The molecular formula is C9H12ClNO2S. The van der Waals surface area contributed by atoms with Crippen LogP contribution in [0.5, 0.6) is 0 Å². The lowest BCUT2D eigenvalue weighted by atomic mass is 9.82. The number of nitrogens with two attached hydrogens (primary N) is 1. The van der Waals surface area contributed by atoms with Crippen molar-refractivity contribution in [2.24, 2.45) is 11.1 Å². The summed E-state index contributed by atoms with van der Waals surface area (Å²) in [5.41, 5.74) is 5.55. The zero-order valence-corrected chi connectivity index (χ0v) is 9.52. The number of hydrogen-bond donors (Lipinski definition) is 2. The van der Waals surface area contributed by atoms with Crippen molar-refractivity contribution in [3.63, 3.8) is 0 Å². The zero-order chi connectivity index (χ0) is 10.9. The minimum atomic E-state index is -1.01. The second-order valence-corrected chi connectivity index (χ2v) is 5.17. The van der Waals surface area contributed by atoms with E-state index in [-0.39, 0.29) is 0 Å². The standard InChI is InChI=1S/C9H12ClNO2S/c1-9(2,8(12)13)6(11)5-3-4-14-7(5)10/h3-4,6H,11H2,1-2H3,(H,12,13). The Morgan fingerprint density at radius 3 is 2.64 bits per heavy atom. The van der Waals surface area contributed by atoms with Crippen LogP contribution in [0.1, 0.15) is 25.5 Å². The van der Waals surface area contributed by atoms with Crippen LogP contribution in [0.15, 0.2) is 11.4 Å². The molecule has 1 heterocycles. The van der Waals surface area contributed by atoms with Gasteiger partial charge in [-0.25, -0.2) is 0 Å². The van der Waals surface area contributed by atoms with Crippen LogP contribution in [0, 0.1) is 5.41 Å². The lowest BCUT2D eigenvalue weighted by Crippen LogP contribution is -2.36. The third-order valence-electron chi connectivity index (χ3n) is 2.31. The van der Waals surface area contributed by atoms with Crippen LogP contribution < -0.4 is 5.73 Å². The predicted octanol–water partition coefficient (Wildman–Crippen LogP) is 2.51. The number of carboxylic acids is 1. The first-order chi connectivity index (χ1) is 6.37. The maximum Gasteiger partial charge on any atom is 0.311 e. The maximum atomic E-state index is 10.9. The van der Waals surface area contributed by atoms with Crippen LogP contribution in [0.2, 0.25) is 4.34 Å². The molecule has 0 aliphatic carbocycles. The second-order valence-electron chi connectivity index (χ2n) is 3.65. The molecule has 0 saturated heterocycles. The van der Waals surface area contributed by atoms with Crippen molar-refractivity contribution in [2.45, 2.75) is 19.9 Å². The normalized spacial score (nSPS) is 14.0. The molecule has 0 aliphatic rings. The highest BCUT2D eigenvalue weighted by Gasteiger charge is 2.36. The van der Waals surface area contributed by atoms with Crippen molar-refractivity contribution < 1.29 is 9.90 Å². The number of rotatable bonds is 3. The van der Waals surface area contributed by atoms with Crippen LogP contribution >= 0.6 is 22.9 Å². The van der Waals surface area contributed by atoms with Crippen molar-refractivity contribution >= 4 is 28.9 Å². The molecule has 5 heteroatoms. The van der Waals surface area contributed by atoms with Gasteiger partial charge in [0, 0.05) is 6.04 Å². The predicted molar refractivity (Wildman–Crippen MR) is 57.7 cm³/mol. The van der Waals surface area contributed by atoms with Gasteiger partial charge in [-0.2, -0.15) is 0 Å². The summed E-state index contributed by atoms with van der Waals surface area (Å²) < 4.78 is 0.562. The van der Waals surface area contributed by atoms with E-state index in [2.05, 4.69) is 0 Å². The first kappa shape index (κ1) is 11.5. The highest BCUT2D eigenvalue weighted by Crippen LogP contribution is 2.37. The van der Waals surface area contributed by atoms with Gasteiger partial charge < -0.3 is 10.8 Å². The maximum absolute atomic E-state index is 10.9. The third-order valence-corrected chi connectivity index (χ3v) is 3.51. The zero-order valence-electron chi connectivity index (χ0n) is 7.95. The molecule has 3 N–H and O–H groups in total. The van der Waals surface area contributed by atoms with E-state index in [1.165, 1.54) is 11.3 Å². The number of carbonyl (C=O) groups is 1. The summed E-state index contributed by atoms with van der Waals surface area (Å²) in [6.45, 7) is 3.18. The number of thiophene rings is 1. The van der Waals surface area contributed by atoms with Crippen LogP contribution in [-0.2, 0) is 4.79 Å². The minimum Gasteiger partial charge on any atom is -0.481 e. The summed E-state index contributed by atoms with van der Waals surface area (Å²) in [6.07, 6.45) is 0. The van der Waals surface area contributed by atoms with E-state index in [1.54, 1.807) is 25.3 Å². The molecule has 3 nitrogen and oxygen atoms in total. The van der Waals surface area contributed by atoms with Crippen LogP contribution in [-0.4, -0.2) is 11.1 Å². The number of aliphatic carboxylic acids is 1. The van der Waals surface area contributed by atoms with Crippen LogP contribution in [0.25, 0.3) is 0 Å². The lowest BCUT2D eigenvalue weighted by Gasteiger charge is -2.26. The largest absolute Gasteiger partial charge is 0.481 e. The van der Waals surface area contributed by atoms with E-state index in [4.69, 9.17) is 22.4 Å². The molecule has 14 heavy (non-hydrogen) atoms. The topological polar surface area (TPSA) is 63.3 Å². The van der Waals surface area contributed by atoms with Gasteiger partial charge in [-0.3, -0.25) is 4.79 Å². The van der Waals surface area contributed by atoms with Gasteiger partial charge in [0.25, 0.3) is 0 Å². The summed E-state index contributed by atoms with van der Waals surface area (Å²) in [7, 11) is 0. The highest BCUT2D eigenvalue weighted by molar-refractivity contribution is 7.14. The lowest BCUT2D eigenvalue weighted by molar-refractivity contribution is -0.148. The van der Waals surface area contributed by atoms with Gasteiger partial charge in [-0.15, -0.1) is 11.3 Å². The fourth-order valence-corrected chi connectivity index (χ4v) is 2.05. The Morgan fingerprint density at radius 2 is 2.29 bits per heavy atom. The van der Waals surface area contributed by atoms with E-state index in [9.17, 15) is 4.79 Å². The van der Waals surface area contributed by atoms with Gasteiger partial charge in [0.1, 0.15) is 0 Å². The Balaban J connectivity index is 3.02. The van der Waals surface area contributed by atoms with Gasteiger partial charge in [0.15, 0.2) is 0 Å². The molecule has 0 fully saturated rings. The van der Waals surface area contributed by atoms with Crippen molar-refractivity contribution in [3.8, 4) is 0 Å². The summed E-state index contributed by atoms with van der Waals surface area (Å²) in [5, 5.41) is 10.8. The van der Waals surface area contributed by atoms with Crippen LogP contribution in [0.3, 0.4) is 0 Å². The summed E-state index contributed by atoms with van der Waals surface area (Å²) in [5.74, 6) is -0.924. The Labute approximate surface area is 91.5 Å². The van der Waals surface area contributed by atoms with Gasteiger partial charge in [0.2, 0.25) is 0 Å². The average Bonchev–Trinajstić information content (AvgIpc) is 2.49. The van der Waals surface area contributed by atoms with Crippen molar-refractivity contribution in [3.05, 3.63) is 21.3 Å². The molecule has 1 unspecified atom stereocenters.